The molecule has 13 aromatic carbocycles. The minimum Gasteiger partial charge on any atom is -0.456 e. The maximum Gasteiger partial charge on any atom is 0.220 e. The van der Waals surface area contributed by atoms with Gasteiger partial charge in [-0.15, -0.1) is 22.7 Å². The molecule has 0 amide bonds. The topological polar surface area (TPSA) is 51.1 Å². The molecular weight excluding hydrogens is 1100 g/mol. The molecule has 0 N–H and O–H groups in total. The second-order valence-corrected chi connectivity index (χ2v) is 24.4. The number of benzene rings is 13. The Morgan fingerprint density at radius 1 is 0.368 bits per heavy atom. The lowest BCUT2D eigenvalue weighted by Crippen LogP contribution is -2.09. The Morgan fingerprint density at radius 2 is 0.862 bits per heavy atom. The van der Waals surface area contributed by atoms with E-state index in [1.165, 1.54) is 20.2 Å². The monoisotopic (exact) mass is 1140 g/mol. The first-order valence-corrected chi connectivity index (χ1v) is 30.7. The van der Waals surface area contributed by atoms with E-state index in [1.807, 2.05) is 36.4 Å². The largest absolute Gasteiger partial charge is 0.456 e. The molecule has 18 rings (SSSR count). The summed E-state index contributed by atoms with van der Waals surface area (Å²) in [5, 5.41) is 23.7. The molecule has 18 aromatic rings. The first-order chi connectivity index (χ1) is 43.1. The Hall–Kier alpha value is -11.3. The van der Waals surface area contributed by atoms with Crippen molar-refractivity contribution in [1.29, 1.82) is 5.26 Å². The summed E-state index contributed by atoms with van der Waals surface area (Å²) >= 11 is 3.60. The van der Waals surface area contributed by atoms with Crippen LogP contribution in [0.5, 0.6) is 0 Å². The highest BCUT2D eigenvalue weighted by Gasteiger charge is 2.35. The number of hydrogen-bond acceptors (Lipinski definition) is 4. The molecule has 0 saturated heterocycles. The standard InChI is InChI=1S/C80H44N4OS2/c1-82-74-69(49-27-10-4-11-28-49)62(46-81)75(70(50-29-12-5-13-30-50)76(74)83-63-36-18-14-31-53(63)54-42-41-51(43-64(54)83)52-35-22-38-66-71(52)57-34-15-19-37-65(57)85-66)84-77-72(58(47-23-6-2-7-24-47)44-60-55-32-16-20-39-67(55)86-79(60)77)73-59(48-25-8-3-9-26-48)45-61-56-33-17-21-40-68(56)87-80(61)78(73)84/h2-45H. The summed E-state index contributed by atoms with van der Waals surface area (Å²) in [6.07, 6.45) is 0. The fourth-order valence-corrected chi connectivity index (χ4v) is 16.6. The van der Waals surface area contributed by atoms with Gasteiger partial charge >= 0.3 is 0 Å². The van der Waals surface area contributed by atoms with Crippen molar-refractivity contribution >= 4 is 134 Å². The highest BCUT2D eigenvalue weighted by atomic mass is 32.1. The SMILES string of the molecule is [C-]#[N+]c1c(-c2ccccc2)c(C#N)c(-n2c3c4sc5ccccc5c4cc(-c4ccccc4)c3c3c(-c4ccccc4)cc4c5ccccc5sc4c32)c(-c2ccccc2)c1-n1c2ccccc2c2ccc(-c3cccc4oc5ccccc5c34)cc21. The molecule has 0 radical (unpaired) electrons. The number of hydrogen-bond donors (Lipinski definition) is 0. The van der Waals surface area contributed by atoms with Crippen LogP contribution in [-0.4, -0.2) is 9.13 Å². The number of thiophene rings is 2. The maximum atomic E-state index is 12.7. The summed E-state index contributed by atoms with van der Waals surface area (Å²) in [6, 6.07) is 97.5. The van der Waals surface area contributed by atoms with Gasteiger partial charge in [0, 0.05) is 74.4 Å². The molecule has 0 aliphatic rings. The van der Waals surface area contributed by atoms with Gasteiger partial charge in [0.1, 0.15) is 17.2 Å². The molecule has 0 atom stereocenters. The summed E-state index contributed by atoms with van der Waals surface area (Å²) in [4.78, 5) is 4.73. The third-order valence-electron chi connectivity index (χ3n) is 17.8. The lowest BCUT2D eigenvalue weighted by atomic mass is 9.88. The van der Waals surface area contributed by atoms with Crippen molar-refractivity contribution in [2.24, 2.45) is 0 Å². The lowest BCUT2D eigenvalue weighted by Gasteiger charge is -2.26. The van der Waals surface area contributed by atoms with Crippen molar-refractivity contribution in [2.45, 2.75) is 0 Å². The van der Waals surface area contributed by atoms with E-state index in [2.05, 4.69) is 246 Å². The summed E-state index contributed by atoms with van der Waals surface area (Å²) in [5.74, 6) is 0. The molecule has 0 aliphatic carbocycles. The number of rotatable bonds is 7. The van der Waals surface area contributed by atoms with Gasteiger partial charge in [0.2, 0.25) is 5.69 Å². The molecule has 0 aliphatic heterocycles. The van der Waals surface area contributed by atoms with Crippen LogP contribution >= 0.6 is 22.7 Å². The third-order valence-corrected chi connectivity index (χ3v) is 20.1. The Labute approximate surface area is 506 Å². The van der Waals surface area contributed by atoms with E-state index in [9.17, 15) is 11.8 Å². The van der Waals surface area contributed by atoms with Crippen LogP contribution in [0.4, 0.5) is 5.69 Å². The van der Waals surface area contributed by atoms with E-state index in [-0.39, 0.29) is 0 Å². The molecule has 0 fully saturated rings. The number of furan rings is 1. The van der Waals surface area contributed by atoms with E-state index in [4.69, 9.17) is 9.26 Å². The van der Waals surface area contributed by atoms with E-state index >= 15 is 0 Å². The van der Waals surface area contributed by atoms with Crippen LogP contribution in [0.2, 0.25) is 0 Å². The van der Waals surface area contributed by atoms with E-state index in [0.717, 1.165) is 136 Å². The second kappa shape index (κ2) is 19.1. The average Bonchev–Trinajstić information content (AvgIpc) is 1.57. The van der Waals surface area contributed by atoms with E-state index < -0.39 is 0 Å². The van der Waals surface area contributed by atoms with Crippen LogP contribution in [0, 0.1) is 17.9 Å². The summed E-state index contributed by atoms with van der Waals surface area (Å²) < 4.78 is 15.9. The fourth-order valence-electron chi connectivity index (χ4n) is 14.2. The molecule has 0 saturated carbocycles. The van der Waals surface area contributed by atoms with Crippen molar-refractivity contribution in [3.63, 3.8) is 0 Å². The number of aromatic nitrogens is 2. The van der Waals surface area contributed by atoms with Crippen molar-refractivity contribution in [1.82, 2.24) is 9.13 Å². The smallest absolute Gasteiger partial charge is 0.220 e. The van der Waals surface area contributed by atoms with Gasteiger partial charge in [0.25, 0.3) is 0 Å². The molecule has 5 aromatic heterocycles. The van der Waals surface area contributed by atoms with Gasteiger partial charge in [0.15, 0.2) is 0 Å². The van der Waals surface area contributed by atoms with Gasteiger partial charge in [-0.05, 0) is 93.0 Å². The molecule has 7 heteroatoms. The summed E-state index contributed by atoms with van der Waals surface area (Å²) in [7, 11) is 0. The zero-order chi connectivity index (χ0) is 57.4. The van der Waals surface area contributed by atoms with Crippen molar-refractivity contribution in [3.05, 3.63) is 284 Å². The molecule has 87 heavy (non-hydrogen) atoms. The minimum atomic E-state index is 0.381. The van der Waals surface area contributed by atoms with Gasteiger partial charge in [-0.2, -0.15) is 5.26 Å². The van der Waals surface area contributed by atoms with Crippen molar-refractivity contribution < 1.29 is 4.42 Å². The molecule has 0 spiro atoms. The van der Waals surface area contributed by atoms with Crippen LogP contribution in [0.3, 0.4) is 0 Å². The molecular formula is C80H44N4OS2. The van der Waals surface area contributed by atoms with Crippen LogP contribution in [0.25, 0.3) is 178 Å². The summed E-state index contributed by atoms with van der Waals surface area (Å²) in [5.41, 5.74) is 17.1. The maximum absolute atomic E-state index is 12.7. The quantitative estimate of drug-likeness (QED) is 0.149. The van der Waals surface area contributed by atoms with Crippen molar-refractivity contribution in [2.75, 3.05) is 0 Å². The molecule has 0 bridgehead atoms. The Kier molecular flexibility index (Phi) is 10.8. The van der Waals surface area contributed by atoms with Crippen LogP contribution < -0.4 is 0 Å². The van der Waals surface area contributed by atoms with Gasteiger partial charge in [-0.25, -0.2) is 4.85 Å². The lowest BCUT2D eigenvalue weighted by molar-refractivity contribution is 0.669. The average molecular weight is 1140 g/mol. The van der Waals surface area contributed by atoms with Gasteiger partial charge in [-0.3, -0.25) is 0 Å². The first-order valence-electron chi connectivity index (χ1n) is 29.1. The Morgan fingerprint density at radius 3 is 1.45 bits per heavy atom. The molecule has 5 heterocycles. The van der Waals surface area contributed by atoms with E-state index in [1.54, 1.807) is 22.7 Å². The molecule has 0 unspecified atom stereocenters. The number of nitriles is 1. The van der Waals surface area contributed by atoms with Crippen molar-refractivity contribution in [3.8, 4) is 73.1 Å². The second-order valence-electron chi connectivity index (χ2n) is 22.3. The molecule has 5 nitrogen and oxygen atoms in total. The van der Waals surface area contributed by atoms with Gasteiger partial charge < -0.3 is 13.6 Å². The normalized spacial score (nSPS) is 11.9. The summed E-state index contributed by atoms with van der Waals surface area (Å²) in [6.45, 7) is 9.73. The minimum absolute atomic E-state index is 0.381. The predicted octanol–water partition coefficient (Wildman–Crippen LogP) is 23.3. The van der Waals surface area contributed by atoms with Crippen LogP contribution in [0.15, 0.2) is 271 Å². The number of para-hydroxylation sites is 2. The van der Waals surface area contributed by atoms with Crippen LogP contribution in [0.1, 0.15) is 5.56 Å². The first kappa shape index (κ1) is 49.1. The van der Waals surface area contributed by atoms with Gasteiger partial charge in [0.05, 0.1) is 55.0 Å². The zero-order valence-electron chi connectivity index (χ0n) is 46.4. The third kappa shape index (κ3) is 7.10. The number of nitrogens with zero attached hydrogens (tertiary/aromatic N) is 4. The van der Waals surface area contributed by atoms with E-state index in [0.29, 0.717) is 28.2 Å². The number of fused-ring (bicyclic) bond motifs is 17. The highest BCUT2D eigenvalue weighted by molar-refractivity contribution is 7.27. The Balaban J connectivity index is 1.13. The Bertz CT molecular complexity index is 5840. The highest BCUT2D eigenvalue weighted by Crippen LogP contribution is 2.57. The molecule has 402 valence electrons. The zero-order valence-corrected chi connectivity index (χ0v) is 48.1. The van der Waals surface area contributed by atoms with Crippen LogP contribution in [-0.2, 0) is 0 Å². The predicted molar refractivity (Wildman–Crippen MR) is 366 cm³/mol. The fraction of sp³-hybridized carbons (Fsp3) is 0. The van der Waals surface area contributed by atoms with Gasteiger partial charge in [-0.1, -0.05) is 218 Å².